The first-order valence-corrected chi connectivity index (χ1v) is 14.1. The number of nitrogens with zero attached hydrogens (tertiary/aromatic N) is 3. The van der Waals surface area contributed by atoms with Crippen LogP contribution in [0.2, 0.25) is 5.02 Å². The van der Waals surface area contributed by atoms with E-state index in [2.05, 4.69) is 20.0 Å². The van der Waals surface area contributed by atoms with Gasteiger partial charge < -0.3 is 29.8 Å². The number of aromatic nitrogens is 3. The number of nitrogens with one attached hydrogen (secondary N) is 2. The van der Waals surface area contributed by atoms with E-state index in [0.29, 0.717) is 17.6 Å². The van der Waals surface area contributed by atoms with Crippen molar-refractivity contribution in [1.82, 2.24) is 19.2 Å². The van der Waals surface area contributed by atoms with E-state index in [1.165, 1.54) is 29.7 Å². The zero-order valence-corrected chi connectivity index (χ0v) is 24.2. The van der Waals surface area contributed by atoms with Crippen molar-refractivity contribution in [3.63, 3.8) is 0 Å². The van der Waals surface area contributed by atoms with E-state index in [1.54, 1.807) is 19.1 Å². The molecular weight excluding hydrogens is 589 g/mol. The molecule has 2 amide bonds. The number of ether oxygens (including phenoxy) is 2. The minimum absolute atomic E-state index is 0.0349. The molecule has 220 valence electrons. The van der Waals surface area contributed by atoms with Crippen LogP contribution in [0.5, 0.6) is 0 Å². The normalized spacial score (nSPS) is 17.6. The largest absolute Gasteiger partial charge is 0.373 e. The summed E-state index contributed by atoms with van der Waals surface area (Å²) in [4.78, 5) is 43.8. The Balaban J connectivity index is 1.58. The molecule has 1 aliphatic heterocycles. The van der Waals surface area contributed by atoms with E-state index in [4.69, 9.17) is 21.1 Å². The van der Waals surface area contributed by atoms with Gasteiger partial charge >= 0.3 is 0 Å². The lowest BCUT2D eigenvalue weighted by molar-refractivity contribution is -0.264. The summed E-state index contributed by atoms with van der Waals surface area (Å²) < 4.78 is 31.3. The quantitative estimate of drug-likeness (QED) is 0.258. The van der Waals surface area contributed by atoms with Crippen LogP contribution < -0.4 is 10.6 Å². The summed E-state index contributed by atoms with van der Waals surface area (Å²) in [6, 6.07) is 11.1. The summed E-state index contributed by atoms with van der Waals surface area (Å²) in [5, 5.41) is 16.8. The van der Waals surface area contributed by atoms with Crippen LogP contribution in [-0.4, -0.2) is 68.8 Å². The summed E-state index contributed by atoms with van der Waals surface area (Å²) in [7, 11) is 0. The van der Waals surface area contributed by atoms with Crippen molar-refractivity contribution < 1.29 is 33.4 Å². The number of hydrogen-bond acceptors (Lipinski definition) is 9. The Morgan fingerprint density at radius 1 is 1.21 bits per heavy atom. The Morgan fingerprint density at radius 3 is 2.74 bits per heavy atom. The van der Waals surface area contributed by atoms with Gasteiger partial charge in [-0.25, -0.2) is 9.37 Å². The molecule has 0 radical (unpaired) electrons. The molecule has 4 aromatic rings. The number of imidazole rings is 1. The predicted octanol–water partition coefficient (Wildman–Crippen LogP) is 3.74. The second kappa shape index (κ2) is 12.2. The minimum atomic E-state index is -1.75. The van der Waals surface area contributed by atoms with Crippen LogP contribution in [0.15, 0.2) is 42.5 Å². The maximum atomic E-state index is 14.3. The van der Waals surface area contributed by atoms with Crippen LogP contribution in [-0.2, 0) is 20.8 Å². The molecule has 5 rings (SSSR count). The van der Waals surface area contributed by atoms with Gasteiger partial charge in [-0.15, -0.1) is 0 Å². The predicted molar refractivity (Wildman–Crippen MR) is 153 cm³/mol. The molecule has 3 N–H and O–H groups in total. The lowest BCUT2D eigenvalue weighted by Crippen LogP contribution is -2.51. The molecule has 0 unspecified atom stereocenters. The fourth-order valence-corrected chi connectivity index (χ4v) is 5.78. The monoisotopic (exact) mass is 615 g/mol. The van der Waals surface area contributed by atoms with Crippen LogP contribution in [0.4, 0.5) is 10.2 Å². The highest BCUT2D eigenvalue weighted by Crippen LogP contribution is 2.36. The molecule has 14 heteroatoms. The number of carbonyl (C=O) groups is 3. The van der Waals surface area contributed by atoms with Gasteiger partial charge in [0.25, 0.3) is 11.8 Å². The molecule has 2 aromatic heterocycles. The fourth-order valence-electron chi connectivity index (χ4n) is 4.73. The number of aliphatic hydroxyl groups is 1. The Hall–Kier alpha value is -3.75. The molecule has 2 atom stereocenters. The molecule has 0 saturated carbocycles. The number of hydrogen-bond donors (Lipinski definition) is 3. The molecule has 1 aliphatic rings. The van der Waals surface area contributed by atoms with Gasteiger partial charge in [-0.05, 0) is 48.3 Å². The second-order valence-corrected chi connectivity index (χ2v) is 11.1. The highest BCUT2D eigenvalue weighted by Gasteiger charge is 2.34. The standard InChI is InChI=1S/C28H27ClFN5O6S/c1-15(36)12-35-23(16(2)19-11-17(30)7-8-20(19)29)24(33-26(37)22-18-5-3-4-6-21(18)42-34-22)32-25(35)27(38)31-13-28(39)14-40-9-10-41-28/h3-8,11,16,39H,9-10,12-14H2,1-2H3,(H,31,38)(H,33,37)/t16-,28-/m1/s1. The smallest absolute Gasteiger partial charge is 0.287 e. The molecule has 0 bridgehead atoms. The summed E-state index contributed by atoms with van der Waals surface area (Å²) in [5.74, 6) is -4.94. The average Bonchev–Trinajstić information content (AvgIpc) is 3.54. The van der Waals surface area contributed by atoms with Gasteiger partial charge in [-0.3, -0.25) is 14.4 Å². The summed E-state index contributed by atoms with van der Waals surface area (Å²) in [6.45, 7) is 2.70. The Morgan fingerprint density at radius 2 is 2.00 bits per heavy atom. The number of ketones is 1. The van der Waals surface area contributed by atoms with Gasteiger partial charge in [0.05, 0.1) is 36.7 Å². The first-order valence-electron chi connectivity index (χ1n) is 13.0. The van der Waals surface area contributed by atoms with Gasteiger partial charge in [0.15, 0.2) is 5.82 Å². The van der Waals surface area contributed by atoms with Crippen LogP contribution in [0.3, 0.4) is 0 Å². The van der Waals surface area contributed by atoms with E-state index >= 15 is 0 Å². The number of rotatable bonds is 9. The van der Waals surface area contributed by atoms with Gasteiger partial charge in [0.2, 0.25) is 11.6 Å². The topological polar surface area (TPSA) is 145 Å². The molecule has 0 spiro atoms. The van der Waals surface area contributed by atoms with Crippen LogP contribution >= 0.6 is 23.1 Å². The number of anilines is 1. The van der Waals surface area contributed by atoms with Crippen LogP contribution in [0.1, 0.15) is 52.1 Å². The third-order valence-corrected chi connectivity index (χ3v) is 7.87. The zero-order chi connectivity index (χ0) is 30.0. The Kier molecular flexibility index (Phi) is 8.66. The summed E-state index contributed by atoms with van der Waals surface area (Å²) in [5.41, 5.74) is 0.749. The van der Waals surface area contributed by atoms with Gasteiger partial charge in [0, 0.05) is 16.3 Å². The molecule has 1 fully saturated rings. The zero-order valence-electron chi connectivity index (χ0n) is 22.6. The van der Waals surface area contributed by atoms with E-state index in [-0.39, 0.29) is 60.1 Å². The highest BCUT2D eigenvalue weighted by atomic mass is 35.5. The maximum Gasteiger partial charge on any atom is 0.287 e. The number of Topliss-reactive ketones (excluding diaryl/α,β-unsaturated/α-hetero) is 1. The molecule has 1 saturated heterocycles. The first kappa shape index (κ1) is 29.7. The lowest BCUT2D eigenvalue weighted by Gasteiger charge is -2.31. The van der Waals surface area contributed by atoms with Crippen molar-refractivity contribution in [2.75, 3.05) is 31.7 Å². The highest BCUT2D eigenvalue weighted by molar-refractivity contribution is 7.13. The number of fused-ring (bicyclic) bond motifs is 1. The van der Waals surface area contributed by atoms with Crippen LogP contribution in [0.25, 0.3) is 10.1 Å². The number of amides is 2. The molecule has 2 aromatic carbocycles. The van der Waals surface area contributed by atoms with E-state index in [0.717, 1.165) is 16.2 Å². The van der Waals surface area contributed by atoms with Crippen molar-refractivity contribution in [3.05, 3.63) is 76.1 Å². The van der Waals surface area contributed by atoms with Crippen molar-refractivity contribution in [1.29, 1.82) is 0 Å². The minimum Gasteiger partial charge on any atom is -0.373 e. The van der Waals surface area contributed by atoms with Gasteiger partial charge in [-0.1, -0.05) is 36.7 Å². The SMILES string of the molecule is CC(=O)Cn1c(C(=O)NC[C@]2(O)COCCO2)nc(NC(=O)c2nsc3ccccc23)c1[C@H](C)c1cc(F)ccc1Cl. The average molecular weight is 616 g/mol. The Labute approximate surface area is 248 Å². The molecule has 42 heavy (non-hydrogen) atoms. The van der Waals surface area contributed by atoms with Crippen molar-refractivity contribution in [2.45, 2.75) is 32.1 Å². The van der Waals surface area contributed by atoms with Crippen molar-refractivity contribution in [2.24, 2.45) is 0 Å². The third-order valence-electron chi connectivity index (χ3n) is 6.70. The fraction of sp³-hybridized carbons (Fsp3) is 0.321. The molecule has 11 nitrogen and oxygen atoms in total. The summed E-state index contributed by atoms with van der Waals surface area (Å²) >= 11 is 7.59. The summed E-state index contributed by atoms with van der Waals surface area (Å²) in [6.07, 6.45) is 0. The molecule has 3 heterocycles. The molecule has 0 aliphatic carbocycles. The van der Waals surface area contributed by atoms with E-state index in [9.17, 15) is 23.9 Å². The maximum absolute atomic E-state index is 14.3. The van der Waals surface area contributed by atoms with Crippen LogP contribution in [0, 0.1) is 5.82 Å². The van der Waals surface area contributed by atoms with Gasteiger partial charge in [0.1, 0.15) is 23.9 Å². The van der Waals surface area contributed by atoms with Crippen molar-refractivity contribution >= 4 is 56.6 Å². The first-order chi connectivity index (χ1) is 20.1. The second-order valence-electron chi connectivity index (χ2n) is 9.86. The third kappa shape index (κ3) is 6.20. The van der Waals surface area contributed by atoms with E-state index in [1.807, 2.05) is 12.1 Å². The lowest BCUT2D eigenvalue weighted by atomic mass is 9.96. The van der Waals surface area contributed by atoms with Gasteiger partial charge in [-0.2, -0.15) is 4.37 Å². The molecular formula is C28H27ClFN5O6S. The Bertz CT molecular complexity index is 1670. The number of benzene rings is 2. The number of halogens is 2. The number of carbonyl (C=O) groups excluding carboxylic acids is 3. The van der Waals surface area contributed by atoms with E-state index < -0.39 is 29.3 Å². The van der Waals surface area contributed by atoms with Crippen molar-refractivity contribution in [3.8, 4) is 0 Å².